The predicted molar refractivity (Wildman–Crippen MR) is 146 cm³/mol. The van der Waals surface area contributed by atoms with Gasteiger partial charge < -0.3 is 15.4 Å². The molecule has 3 aromatic carbocycles. The standard InChI is InChI=1S/C29H21ClN4O4/c30-20-11-9-18(10-12-20)26-14-23(22-6-2-4-8-25(22)34-26)29(37)32-16-28(36)38-17-27(35)33-21-13-19-5-1-3-7-24(19)31-15-21/h1-15H,16-17H2,(H,32,37)(H,33,35). The van der Waals surface area contributed by atoms with Gasteiger partial charge in [0.2, 0.25) is 0 Å². The van der Waals surface area contributed by atoms with Crippen LogP contribution in [0.5, 0.6) is 0 Å². The summed E-state index contributed by atoms with van der Waals surface area (Å²) in [5.41, 5.74) is 3.66. The summed E-state index contributed by atoms with van der Waals surface area (Å²) in [6.45, 7) is -0.906. The third-order valence-electron chi connectivity index (χ3n) is 5.73. The van der Waals surface area contributed by atoms with Gasteiger partial charge in [0, 0.05) is 21.4 Å². The maximum Gasteiger partial charge on any atom is 0.325 e. The summed E-state index contributed by atoms with van der Waals surface area (Å²) < 4.78 is 5.03. The molecule has 0 aliphatic carbocycles. The number of anilines is 1. The quantitative estimate of drug-likeness (QED) is 0.289. The highest BCUT2D eigenvalue weighted by molar-refractivity contribution is 6.30. The Morgan fingerprint density at radius 2 is 1.61 bits per heavy atom. The topological polar surface area (TPSA) is 110 Å². The Morgan fingerprint density at radius 1 is 0.868 bits per heavy atom. The molecule has 0 aliphatic heterocycles. The molecule has 0 fully saturated rings. The van der Waals surface area contributed by atoms with E-state index in [-0.39, 0.29) is 0 Å². The molecule has 5 rings (SSSR count). The lowest BCUT2D eigenvalue weighted by atomic mass is 10.0. The lowest BCUT2D eigenvalue weighted by Gasteiger charge is -2.11. The van der Waals surface area contributed by atoms with E-state index in [4.69, 9.17) is 16.3 Å². The first-order chi connectivity index (χ1) is 18.5. The Morgan fingerprint density at radius 3 is 2.42 bits per heavy atom. The average Bonchev–Trinajstić information content (AvgIpc) is 2.94. The van der Waals surface area contributed by atoms with Gasteiger partial charge in [0.25, 0.3) is 11.8 Å². The molecule has 2 amide bonds. The summed E-state index contributed by atoms with van der Waals surface area (Å²) in [6, 6.07) is 25.3. The van der Waals surface area contributed by atoms with Crippen LogP contribution in [-0.4, -0.2) is 40.9 Å². The highest BCUT2D eigenvalue weighted by atomic mass is 35.5. The fourth-order valence-electron chi connectivity index (χ4n) is 3.91. The molecule has 0 unspecified atom stereocenters. The summed E-state index contributed by atoms with van der Waals surface area (Å²) >= 11 is 6.00. The van der Waals surface area contributed by atoms with Crippen LogP contribution in [0.4, 0.5) is 5.69 Å². The highest BCUT2D eigenvalue weighted by Crippen LogP contribution is 2.26. The molecule has 38 heavy (non-hydrogen) atoms. The first kappa shape index (κ1) is 24.9. The van der Waals surface area contributed by atoms with E-state index in [1.165, 1.54) is 6.20 Å². The number of pyridine rings is 2. The number of hydrogen-bond acceptors (Lipinski definition) is 6. The van der Waals surface area contributed by atoms with Gasteiger partial charge in [-0.25, -0.2) is 4.98 Å². The Kier molecular flexibility index (Phi) is 7.24. The van der Waals surface area contributed by atoms with Crippen LogP contribution in [0.3, 0.4) is 0 Å². The maximum absolute atomic E-state index is 13.0. The van der Waals surface area contributed by atoms with Crippen LogP contribution >= 0.6 is 11.6 Å². The van der Waals surface area contributed by atoms with Crippen molar-refractivity contribution >= 4 is 56.9 Å². The monoisotopic (exact) mass is 524 g/mol. The SMILES string of the molecule is O=C(COC(=O)CNC(=O)c1cc(-c2ccc(Cl)cc2)nc2ccccc12)Nc1cnc2ccccc2c1. The van der Waals surface area contributed by atoms with Gasteiger partial charge in [-0.05, 0) is 36.4 Å². The van der Waals surface area contributed by atoms with E-state index in [1.54, 1.807) is 36.4 Å². The lowest BCUT2D eigenvalue weighted by Crippen LogP contribution is -2.32. The second kappa shape index (κ2) is 11.1. The Bertz CT molecular complexity index is 1670. The van der Waals surface area contributed by atoms with Gasteiger partial charge in [0.15, 0.2) is 6.61 Å². The van der Waals surface area contributed by atoms with Crippen molar-refractivity contribution in [2.24, 2.45) is 0 Å². The molecular formula is C29H21ClN4O4. The van der Waals surface area contributed by atoms with E-state index < -0.39 is 30.9 Å². The number of nitrogens with one attached hydrogen (secondary N) is 2. The smallest absolute Gasteiger partial charge is 0.325 e. The van der Waals surface area contributed by atoms with Gasteiger partial charge in [0.05, 0.1) is 34.2 Å². The van der Waals surface area contributed by atoms with E-state index in [1.807, 2.05) is 48.5 Å². The second-order valence-corrected chi connectivity index (χ2v) is 8.82. The van der Waals surface area contributed by atoms with Crippen molar-refractivity contribution in [2.75, 3.05) is 18.5 Å². The Labute approximate surface area is 222 Å². The number of halogens is 1. The molecule has 2 N–H and O–H groups in total. The minimum absolute atomic E-state index is 0.356. The van der Waals surface area contributed by atoms with Gasteiger partial charge in [-0.15, -0.1) is 0 Å². The average molecular weight is 525 g/mol. The van der Waals surface area contributed by atoms with E-state index in [0.29, 0.717) is 32.9 Å². The van der Waals surface area contributed by atoms with Crippen LogP contribution in [0.15, 0.2) is 91.1 Å². The van der Waals surface area contributed by atoms with Crippen LogP contribution in [-0.2, 0) is 14.3 Å². The maximum atomic E-state index is 13.0. The zero-order valence-electron chi connectivity index (χ0n) is 20.0. The number of para-hydroxylation sites is 2. The first-order valence-corrected chi connectivity index (χ1v) is 12.1. The number of benzene rings is 3. The minimum Gasteiger partial charge on any atom is -0.454 e. The molecule has 0 atom stereocenters. The van der Waals surface area contributed by atoms with E-state index in [2.05, 4.69) is 20.6 Å². The zero-order valence-corrected chi connectivity index (χ0v) is 20.7. The van der Waals surface area contributed by atoms with Crippen molar-refractivity contribution in [1.82, 2.24) is 15.3 Å². The molecule has 188 valence electrons. The van der Waals surface area contributed by atoms with Gasteiger partial charge in [-0.3, -0.25) is 19.4 Å². The van der Waals surface area contributed by atoms with Crippen LogP contribution in [0.25, 0.3) is 33.1 Å². The molecule has 0 radical (unpaired) electrons. The molecule has 0 bridgehead atoms. The number of rotatable bonds is 7. The van der Waals surface area contributed by atoms with Crippen molar-refractivity contribution < 1.29 is 19.1 Å². The number of carbonyl (C=O) groups excluding carboxylic acids is 3. The van der Waals surface area contributed by atoms with Crippen molar-refractivity contribution in [3.63, 3.8) is 0 Å². The predicted octanol–water partition coefficient (Wildman–Crippen LogP) is 5.02. The first-order valence-electron chi connectivity index (χ1n) is 11.7. The number of esters is 1. The molecule has 0 saturated carbocycles. The van der Waals surface area contributed by atoms with Crippen LogP contribution < -0.4 is 10.6 Å². The molecule has 8 nitrogen and oxygen atoms in total. The molecule has 2 heterocycles. The van der Waals surface area contributed by atoms with Gasteiger partial charge in [0.1, 0.15) is 6.54 Å². The summed E-state index contributed by atoms with van der Waals surface area (Å²) in [7, 11) is 0. The Balaban J connectivity index is 1.20. The normalized spacial score (nSPS) is 10.8. The number of carbonyl (C=O) groups is 3. The van der Waals surface area contributed by atoms with E-state index >= 15 is 0 Å². The number of hydrogen-bond donors (Lipinski definition) is 2. The largest absolute Gasteiger partial charge is 0.454 e. The second-order valence-electron chi connectivity index (χ2n) is 8.39. The molecule has 0 spiro atoms. The third kappa shape index (κ3) is 5.77. The summed E-state index contributed by atoms with van der Waals surface area (Å²) in [5, 5.41) is 7.31. The van der Waals surface area contributed by atoms with Crippen LogP contribution in [0, 0.1) is 0 Å². The number of aromatic nitrogens is 2. The fourth-order valence-corrected chi connectivity index (χ4v) is 4.04. The highest BCUT2D eigenvalue weighted by Gasteiger charge is 2.16. The van der Waals surface area contributed by atoms with E-state index in [0.717, 1.165) is 16.5 Å². The molecule has 5 aromatic rings. The number of amides is 2. The minimum atomic E-state index is -0.749. The zero-order chi connectivity index (χ0) is 26.5. The van der Waals surface area contributed by atoms with Crippen molar-refractivity contribution in [1.29, 1.82) is 0 Å². The van der Waals surface area contributed by atoms with Gasteiger partial charge in [-0.1, -0.05) is 60.1 Å². The van der Waals surface area contributed by atoms with Crippen LogP contribution in [0.1, 0.15) is 10.4 Å². The Hall–Kier alpha value is -4.82. The number of ether oxygens (including phenoxy) is 1. The van der Waals surface area contributed by atoms with Crippen molar-refractivity contribution in [3.8, 4) is 11.3 Å². The van der Waals surface area contributed by atoms with Gasteiger partial charge >= 0.3 is 5.97 Å². The molecule has 0 aliphatic rings. The lowest BCUT2D eigenvalue weighted by molar-refractivity contribution is -0.146. The molecule has 2 aromatic heterocycles. The van der Waals surface area contributed by atoms with Crippen molar-refractivity contribution in [2.45, 2.75) is 0 Å². The number of fused-ring (bicyclic) bond motifs is 2. The number of nitrogens with zero attached hydrogens (tertiary/aromatic N) is 2. The van der Waals surface area contributed by atoms with E-state index in [9.17, 15) is 14.4 Å². The molecular weight excluding hydrogens is 504 g/mol. The van der Waals surface area contributed by atoms with Crippen LogP contribution in [0.2, 0.25) is 5.02 Å². The molecule has 9 heteroatoms. The molecule has 0 saturated heterocycles. The third-order valence-corrected chi connectivity index (χ3v) is 5.98. The summed E-state index contributed by atoms with van der Waals surface area (Å²) in [5.74, 6) is -1.74. The fraction of sp³-hybridized carbons (Fsp3) is 0.0690. The summed E-state index contributed by atoms with van der Waals surface area (Å²) in [4.78, 5) is 46.4. The van der Waals surface area contributed by atoms with Gasteiger partial charge in [-0.2, -0.15) is 0 Å². The van der Waals surface area contributed by atoms with Crippen molar-refractivity contribution in [3.05, 3.63) is 102 Å². The summed E-state index contributed by atoms with van der Waals surface area (Å²) in [6.07, 6.45) is 1.53.